The molecule has 0 saturated carbocycles. The summed E-state index contributed by atoms with van der Waals surface area (Å²) >= 11 is 0. The Morgan fingerprint density at radius 2 is 1.75 bits per heavy atom. The Morgan fingerprint density at radius 3 is 2.47 bits per heavy atom. The van der Waals surface area contributed by atoms with Gasteiger partial charge in [0.25, 0.3) is 5.91 Å². The van der Waals surface area contributed by atoms with E-state index in [9.17, 15) is 9.59 Å². The predicted molar refractivity (Wildman–Crippen MR) is 123 cm³/mol. The molecule has 1 N–H and O–H groups in total. The molecular weight excluding hydrogens is 404 g/mol. The number of ether oxygens (including phenoxy) is 2. The van der Waals surface area contributed by atoms with Crippen LogP contribution in [0.3, 0.4) is 0 Å². The van der Waals surface area contributed by atoms with Gasteiger partial charge in [0.2, 0.25) is 5.91 Å². The average molecular weight is 431 g/mol. The molecule has 0 bridgehead atoms. The second-order valence-electron chi connectivity index (χ2n) is 7.80. The van der Waals surface area contributed by atoms with Gasteiger partial charge in [0.1, 0.15) is 0 Å². The minimum absolute atomic E-state index is 0.0418. The largest absolute Gasteiger partial charge is 0.493 e. The molecule has 32 heavy (non-hydrogen) atoms. The summed E-state index contributed by atoms with van der Waals surface area (Å²) < 4.78 is 10.6. The van der Waals surface area contributed by atoms with Gasteiger partial charge < -0.3 is 19.7 Å². The number of amides is 2. The van der Waals surface area contributed by atoms with E-state index in [0.717, 1.165) is 22.4 Å². The minimum atomic E-state index is -0.230. The quantitative estimate of drug-likeness (QED) is 0.607. The number of carbonyl (C=O) groups is 2. The molecule has 1 aliphatic rings. The molecule has 0 spiro atoms. The molecule has 0 aromatic heterocycles. The Hall–Kier alpha value is -3.80. The fourth-order valence-corrected chi connectivity index (χ4v) is 3.95. The molecule has 2 amide bonds. The monoisotopic (exact) mass is 430 g/mol. The summed E-state index contributed by atoms with van der Waals surface area (Å²) in [5.41, 5.74) is 4.24. The maximum absolute atomic E-state index is 12.9. The highest BCUT2D eigenvalue weighted by atomic mass is 16.5. The smallest absolute Gasteiger partial charge is 0.251 e. The molecule has 0 radical (unpaired) electrons. The van der Waals surface area contributed by atoms with Gasteiger partial charge in [-0.1, -0.05) is 36.4 Å². The van der Waals surface area contributed by atoms with E-state index in [1.165, 1.54) is 0 Å². The van der Waals surface area contributed by atoms with Crippen molar-refractivity contribution < 1.29 is 19.1 Å². The standard InChI is InChI=1S/C26H26N2O4/c1-17(19-10-12-23(31-2)24(14-19)32-3)27-26(30)20-9-11-22-21(13-20)15-25(29)28(22)16-18-7-5-4-6-8-18/h4-14,17H,15-16H2,1-3H3,(H,27,30)/t17-/m0/s1. The van der Waals surface area contributed by atoms with Crippen molar-refractivity contribution in [2.45, 2.75) is 25.9 Å². The highest BCUT2D eigenvalue weighted by Gasteiger charge is 2.28. The second-order valence-corrected chi connectivity index (χ2v) is 7.80. The zero-order chi connectivity index (χ0) is 22.7. The van der Waals surface area contributed by atoms with E-state index in [0.29, 0.717) is 30.0 Å². The zero-order valence-electron chi connectivity index (χ0n) is 18.4. The summed E-state index contributed by atoms with van der Waals surface area (Å²) in [5, 5.41) is 3.02. The average Bonchev–Trinajstić information content (AvgIpc) is 3.13. The van der Waals surface area contributed by atoms with E-state index >= 15 is 0 Å². The van der Waals surface area contributed by atoms with Crippen molar-refractivity contribution in [1.29, 1.82) is 0 Å². The summed E-state index contributed by atoms with van der Waals surface area (Å²) in [6, 6.07) is 20.7. The molecule has 3 aromatic rings. The number of carbonyl (C=O) groups excluding carboxylic acids is 2. The van der Waals surface area contributed by atoms with Gasteiger partial charge in [-0.05, 0) is 53.9 Å². The summed E-state index contributed by atoms with van der Waals surface area (Å²) in [4.78, 5) is 27.3. The van der Waals surface area contributed by atoms with Gasteiger partial charge >= 0.3 is 0 Å². The SMILES string of the molecule is COc1ccc([C@H](C)NC(=O)c2ccc3c(c2)CC(=O)N3Cc2ccccc2)cc1OC. The van der Waals surface area contributed by atoms with E-state index < -0.39 is 0 Å². The maximum Gasteiger partial charge on any atom is 0.251 e. The normalized spacial score (nSPS) is 13.5. The number of rotatable bonds is 7. The molecule has 4 rings (SSSR count). The van der Waals surface area contributed by atoms with Crippen LogP contribution in [0, 0.1) is 0 Å². The van der Waals surface area contributed by atoms with Crippen molar-refractivity contribution in [3.8, 4) is 11.5 Å². The lowest BCUT2D eigenvalue weighted by Gasteiger charge is -2.19. The molecule has 164 valence electrons. The van der Waals surface area contributed by atoms with Crippen molar-refractivity contribution in [3.63, 3.8) is 0 Å². The van der Waals surface area contributed by atoms with E-state index in [1.807, 2.05) is 67.6 Å². The number of hydrogen-bond acceptors (Lipinski definition) is 4. The zero-order valence-corrected chi connectivity index (χ0v) is 18.4. The summed E-state index contributed by atoms with van der Waals surface area (Å²) in [7, 11) is 3.17. The number of nitrogens with one attached hydrogen (secondary N) is 1. The Kier molecular flexibility index (Phi) is 6.12. The lowest BCUT2D eigenvalue weighted by molar-refractivity contribution is -0.117. The van der Waals surface area contributed by atoms with Crippen molar-refractivity contribution in [2.24, 2.45) is 0 Å². The van der Waals surface area contributed by atoms with Crippen LogP contribution in [-0.2, 0) is 17.8 Å². The molecule has 6 nitrogen and oxygen atoms in total. The van der Waals surface area contributed by atoms with Gasteiger partial charge in [0.15, 0.2) is 11.5 Å². The van der Waals surface area contributed by atoms with Gasteiger partial charge in [0, 0.05) is 11.3 Å². The molecule has 0 saturated heterocycles. The highest BCUT2D eigenvalue weighted by Crippen LogP contribution is 2.32. The van der Waals surface area contributed by atoms with E-state index in [-0.39, 0.29) is 17.9 Å². The first-order valence-corrected chi connectivity index (χ1v) is 10.5. The summed E-state index contributed by atoms with van der Waals surface area (Å²) in [6.07, 6.45) is 0.300. The molecule has 0 aliphatic carbocycles. The van der Waals surface area contributed by atoms with E-state index in [4.69, 9.17) is 9.47 Å². The number of nitrogens with zero attached hydrogens (tertiary/aromatic N) is 1. The lowest BCUT2D eigenvalue weighted by Crippen LogP contribution is -2.27. The molecule has 6 heteroatoms. The Labute approximate surface area is 187 Å². The Morgan fingerprint density at radius 1 is 1.00 bits per heavy atom. The van der Waals surface area contributed by atoms with Crippen LogP contribution in [0.25, 0.3) is 0 Å². The lowest BCUT2D eigenvalue weighted by atomic mass is 10.0. The minimum Gasteiger partial charge on any atom is -0.493 e. The third-order valence-corrected chi connectivity index (χ3v) is 5.71. The third-order valence-electron chi connectivity index (χ3n) is 5.71. The van der Waals surface area contributed by atoms with Crippen LogP contribution >= 0.6 is 0 Å². The molecular formula is C26H26N2O4. The van der Waals surface area contributed by atoms with Crippen molar-refractivity contribution in [2.75, 3.05) is 19.1 Å². The van der Waals surface area contributed by atoms with Crippen LogP contribution < -0.4 is 19.7 Å². The highest BCUT2D eigenvalue weighted by molar-refractivity contribution is 6.03. The number of benzene rings is 3. The van der Waals surface area contributed by atoms with Crippen molar-refractivity contribution in [1.82, 2.24) is 5.32 Å². The fourth-order valence-electron chi connectivity index (χ4n) is 3.95. The summed E-state index contributed by atoms with van der Waals surface area (Å²) in [6.45, 7) is 2.44. The first-order valence-electron chi connectivity index (χ1n) is 10.5. The topological polar surface area (TPSA) is 67.9 Å². The number of hydrogen-bond donors (Lipinski definition) is 1. The Balaban J connectivity index is 1.49. The van der Waals surface area contributed by atoms with Crippen LogP contribution in [0.1, 0.15) is 40.0 Å². The molecule has 3 aromatic carbocycles. The van der Waals surface area contributed by atoms with E-state index in [1.54, 1.807) is 25.2 Å². The number of methoxy groups -OCH3 is 2. The molecule has 0 fully saturated rings. The van der Waals surface area contributed by atoms with Gasteiger partial charge in [0.05, 0.1) is 33.2 Å². The third kappa shape index (κ3) is 4.30. The molecule has 1 aliphatic heterocycles. The first-order chi connectivity index (χ1) is 15.5. The van der Waals surface area contributed by atoms with Crippen LogP contribution in [0.15, 0.2) is 66.7 Å². The second kappa shape index (κ2) is 9.14. The summed E-state index contributed by atoms with van der Waals surface area (Å²) in [5.74, 6) is 1.10. The molecule has 0 unspecified atom stereocenters. The number of fused-ring (bicyclic) bond motifs is 1. The van der Waals surface area contributed by atoms with Gasteiger partial charge in [-0.2, -0.15) is 0 Å². The van der Waals surface area contributed by atoms with Gasteiger partial charge in [-0.15, -0.1) is 0 Å². The fraction of sp³-hybridized carbons (Fsp3) is 0.231. The van der Waals surface area contributed by atoms with Crippen LogP contribution in [0.4, 0.5) is 5.69 Å². The van der Waals surface area contributed by atoms with E-state index in [2.05, 4.69) is 5.32 Å². The maximum atomic E-state index is 12.9. The Bertz CT molecular complexity index is 1140. The van der Waals surface area contributed by atoms with Gasteiger partial charge in [-0.25, -0.2) is 0 Å². The van der Waals surface area contributed by atoms with Crippen LogP contribution in [0.2, 0.25) is 0 Å². The van der Waals surface area contributed by atoms with Gasteiger partial charge in [-0.3, -0.25) is 9.59 Å². The van der Waals surface area contributed by atoms with Crippen molar-refractivity contribution >= 4 is 17.5 Å². The molecule has 1 atom stereocenters. The van der Waals surface area contributed by atoms with Crippen molar-refractivity contribution in [3.05, 3.63) is 89.0 Å². The first kappa shape index (κ1) is 21.4. The number of anilines is 1. The predicted octanol–water partition coefficient (Wildman–Crippen LogP) is 4.28. The van der Waals surface area contributed by atoms with Crippen LogP contribution in [0.5, 0.6) is 11.5 Å². The van der Waals surface area contributed by atoms with Crippen LogP contribution in [-0.4, -0.2) is 26.0 Å². The molecule has 1 heterocycles.